The molecule has 3 nitrogen and oxygen atoms in total. The minimum Gasteiger partial charge on any atom is -0.359 e. The van der Waals surface area contributed by atoms with E-state index in [1.165, 1.54) is 0 Å². The highest BCUT2D eigenvalue weighted by Gasteiger charge is 1.94. The van der Waals surface area contributed by atoms with E-state index in [1.54, 1.807) is 7.05 Å². The first-order valence-electron chi connectivity index (χ1n) is 3.66. The lowest BCUT2D eigenvalue weighted by molar-refractivity contribution is -0.120. The Morgan fingerprint density at radius 1 is 1.64 bits per heavy atom. The molecule has 0 atom stereocenters. The van der Waals surface area contributed by atoms with Crippen molar-refractivity contribution in [3.8, 4) is 12.3 Å². The van der Waals surface area contributed by atoms with Gasteiger partial charge in [0.25, 0.3) is 0 Å². The number of rotatable bonds is 5. The first kappa shape index (κ1) is 9.99. The Hall–Kier alpha value is -1.01. The molecule has 0 heterocycles. The Balaban J connectivity index is 3.03. The summed E-state index contributed by atoms with van der Waals surface area (Å²) in [6.45, 7) is 1.38. The second-order valence-electron chi connectivity index (χ2n) is 2.16. The molecule has 0 unspecified atom stereocenters. The van der Waals surface area contributed by atoms with Crippen LogP contribution in [-0.2, 0) is 4.79 Å². The quantitative estimate of drug-likeness (QED) is 0.423. The van der Waals surface area contributed by atoms with E-state index < -0.39 is 0 Å². The van der Waals surface area contributed by atoms with Gasteiger partial charge < -0.3 is 10.6 Å². The van der Waals surface area contributed by atoms with Crippen molar-refractivity contribution in [3.05, 3.63) is 0 Å². The van der Waals surface area contributed by atoms with Gasteiger partial charge in [0.05, 0.1) is 6.54 Å². The van der Waals surface area contributed by atoms with Gasteiger partial charge in [0, 0.05) is 13.5 Å². The number of terminal acetylenes is 1. The Labute approximate surface area is 67.6 Å². The molecule has 0 aromatic heterocycles. The maximum absolute atomic E-state index is 10.7. The summed E-state index contributed by atoms with van der Waals surface area (Å²) in [6.07, 6.45) is 6.40. The van der Waals surface area contributed by atoms with Crippen LogP contribution < -0.4 is 10.6 Å². The highest BCUT2D eigenvalue weighted by molar-refractivity contribution is 5.75. The number of carbonyl (C=O) groups is 1. The zero-order valence-electron chi connectivity index (χ0n) is 6.81. The predicted octanol–water partition coefficient (Wildman–Crippen LogP) is -0.265. The molecule has 0 rings (SSSR count). The van der Waals surface area contributed by atoms with Crippen LogP contribution in [0.5, 0.6) is 0 Å². The fraction of sp³-hybridized carbons (Fsp3) is 0.625. The second-order valence-corrected chi connectivity index (χ2v) is 2.16. The van der Waals surface area contributed by atoms with Crippen molar-refractivity contribution in [2.75, 3.05) is 20.1 Å². The third-order valence-corrected chi connectivity index (χ3v) is 1.26. The zero-order chi connectivity index (χ0) is 8.53. The molecule has 3 heteroatoms. The molecule has 2 N–H and O–H groups in total. The van der Waals surface area contributed by atoms with Crippen LogP contribution in [0.4, 0.5) is 0 Å². The van der Waals surface area contributed by atoms with Crippen LogP contribution in [0.25, 0.3) is 0 Å². The summed E-state index contributed by atoms with van der Waals surface area (Å²) < 4.78 is 0. The third kappa shape index (κ3) is 6.88. The van der Waals surface area contributed by atoms with Gasteiger partial charge in [-0.2, -0.15) is 0 Å². The van der Waals surface area contributed by atoms with Gasteiger partial charge >= 0.3 is 0 Å². The molecular weight excluding hydrogens is 140 g/mol. The van der Waals surface area contributed by atoms with Gasteiger partial charge in [-0.05, 0) is 13.0 Å². The largest absolute Gasteiger partial charge is 0.359 e. The summed E-state index contributed by atoms with van der Waals surface area (Å²) in [7, 11) is 1.64. The van der Waals surface area contributed by atoms with E-state index >= 15 is 0 Å². The molecule has 0 radical (unpaired) electrons. The molecule has 0 bridgehead atoms. The van der Waals surface area contributed by atoms with E-state index in [0.717, 1.165) is 13.0 Å². The van der Waals surface area contributed by atoms with Gasteiger partial charge in [-0.15, -0.1) is 6.42 Å². The van der Waals surface area contributed by atoms with Crippen LogP contribution in [0, 0.1) is 12.3 Å². The van der Waals surface area contributed by atoms with Gasteiger partial charge in [0.15, 0.2) is 0 Å². The standard InChI is InChI=1S/C8H14N2O/c1-3-6-10-7-4-5-8(11)9-2/h1,10H,4-7H2,2H3,(H,9,11). The predicted molar refractivity (Wildman–Crippen MR) is 45.0 cm³/mol. The van der Waals surface area contributed by atoms with Crippen molar-refractivity contribution in [2.24, 2.45) is 0 Å². The van der Waals surface area contributed by atoms with E-state index in [2.05, 4.69) is 16.6 Å². The fourth-order valence-corrected chi connectivity index (χ4v) is 0.660. The summed E-state index contributed by atoms with van der Waals surface area (Å²) in [5, 5.41) is 5.55. The van der Waals surface area contributed by atoms with Crippen LogP contribution in [-0.4, -0.2) is 26.0 Å². The monoisotopic (exact) mass is 154 g/mol. The van der Waals surface area contributed by atoms with Crippen molar-refractivity contribution < 1.29 is 4.79 Å². The molecule has 0 aliphatic heterocycles. The van der Waals surface area contributed by atoms with Crippen molar-refractivity contribution in [1.82, 2.24) is 10.6 Å². The molecule has 1 amide bonds. The number of hydrogen-bond donors (Lipinski definition) is 2. The first-order chi connectivity index (χ1) is 5.31. The summed E-state index contributed by atoms with van der Waals surface area (Å²) in [4.78, 5) is 10.7. The summed E-state index contributed by atoms with van der Waals surface area (Å²) in [5.41, 5.74) is 0. The lowest BCUT2D eigenvalue weighted by Gasteiger charge is -1.99. The fourth-order valence-electron chi connectivity index (χ4n) is 0.660. The highest BCUT2D eigenvalue weighted by Crippen LogP contribution is 1.84. The molecule has 0 aliphatic carbocycles. The summed E-state index contributed by atoms with van der Waals surface area (Å²) >= 11 is 0. The van der Waals surface area contributed by atoms with Crippen LogP contribution in [0.1, 0.15) is 12.8 Å². The molecule has 0 fully saturated rings. The minimum atomic E-state index is 0.0764. The molecule has 11 heavy (non-hydrogen) atoms. The van der Waals surface area contributed by atoms with Crippen LogP contribution in [0.2, 0.25) is 0 Å². The van der Waals surface area contributed by atoms with Crippen LogP contribution in [0.15, 0.2) is 0 Å². The van der Waals surface area contributed by atoms with E-state index in [-0.39, 0.29) is 5.91 Å². The maximum atomic E-state index is 10.7. The van der Waals surface area contributed by atoms with E-state index in [4.69, 9.17) is 6.42 Å². The molecule has 0 aromatic rings. The van der Waals surface area contributed by atoms with Crippen molar-refractivity contribution in [2.45, 2.75) is 12.8 Å². The lowest BCUT2D eigenvalue weighted by Crippen LogP contribution is -2.21. The number of amides is 1. The van der Waals surface area contributed by atoms with E-state index in [1.807, 2.05) is 0 Å². The topological polar surface area (TPSA) is 41.1 Å². The van der Waals surface area contributed by atoms with Gasteiger partial charge in [0.1, 0.15) is 0 Å². The van der Waals surface area contributed by atoms with E-state index in [0.29, 0.717) is 13.0 Å². The summed E-state index contributed by atoms with van der Waals surface area (Å²) in [5.74, 6) is 2.53. The normalized spacial score (nSPS) is 8.73. The number of nitrogens with one attached hydrogen (secondary N) is 2. The van der Waals surface area contributed by atoms with Crippen LogP contribution >= 0.6 is 0 Å². The number of carbonyl (C=O) groups excluding carboxylic acids is 1. The lowest BCUT2D eigenvalue weighted by atomic mass is 10.3. The smallest absolute Gasteiger partial charge is 0.219 e. The van der Waals surface area contributed by atoms with E-state index in [9.17, 15) is 4.79 Å². The van der Waals surface area contributed by atoms with Gasteiger partial charge in [0.2, 0.25) is 5.91 Å². The Bertz CT molecular complexity index is 149. The van der Waals surface area contributed by atoms with Crippen molar-refractivity contribution in [1.29, 1.82) is 0 Å². The Morgan fingerprint density at radius 2 is 2.36 bits per heavy atom. The third-order valence-electron chi connectivity index (χ3n) is 1.26. The molecule has 0 spiro atoms. The maximum Gasteiger partial charge on any atom is 0.219 e. The average molecular weight is 154 g/mol. The SMILES string of the molecule is C#CCNCCCC(=O)NC. The zero-order valence-corrected chi connectivity index (χ0v) is 6.81. The second kappa shape index (κ2) is 7.10. The number of hydrogen-bond acceptors (Lipinski definition) is 2. The Morgan fingerprint density at radius 3 is 2.91 bits per heavy atom. The van der Waals surface area contributed by atoms with Gasteiger partial charge in [-0.1, -0.05) is 5.92 Å². The minimum absolute atomic E-state index is 0.0764. The highest BCUT2D eigenvalue weighted by atomic mass is 16.1. The van der Waals surface area contributed by atoms with Crippen LogP contribution in [0.3, 0.4) is 0 Å². The van der Waals surface area contributed by atoms with Crippen molar-refractivity contribution >= 4 is 5.91 Å². The first-order valence-corrected chi connectivity index (χ1v) is 3.66. The average Bonchev–Trinajstić information content (AvgIpc) is 2.04. The summed E-state index contributed by atoms with van der Waals surface area (Å²) in [6, 6.07) is 0. The molecule has 0 saturated heterocycles. The molecular formula is C8H14N2O. The molecule has 0 aromatic carbocycles. The van der Waals surface area contributed by atoms with Crippen molar-refractivity contribution in [3.63, 3.8) is 0 Å². The molecule has 62 valence electrons. The van der Waals surface area contributed by atoms with Gasteiger partial charge in [-0.3, -0.25) is 4.79 Å². The molecule has 0 saturated carbocycles. The molecule has 0 aliphatic rings. The Kier molecular flexibility index (Phi) is 6.45. The van der Waals surface area contributed by atoms with Gasteiger partial charge in [-0.25, -0.2) is 0 Å².